The summed E-state index contributed by atoms with van der Waals surface area (Å²) in [5.74, 6) is -0.186. The molecule has 0 atom stereocenters. The maximum atomic E-state index is 10.5. The van der Waals surface area contributed by atoms with Crippen LogP contribution in [0.15, 0.2) is 0 Å². The molecule has 18 heavy (non-hydrogen) atoms. The second kappa shape index (κ2) is 14.5. The van der Waals surface area contributed by atoms with Crippen molar-refractivity contribution in [1.82, 2.24) is 0 Å². The highest BCUT2D eigenvalue weighted by Crippen LogP contribution is 2.11. The van der Waals surface area contributed by atoms with Gasteiger partial charge >= 0.3 is 5.97 Å². The molecular weight excluding hydrogens is 224 g/mol. The van der Waals surface area contributed by atoms with Crippen molar-refractivity contribution in [1.29, 1.82) is 0 Å². The van der Waals surface area contributed by atoms with E-state index in [9.17, 15) is 4.79 Å². The molecule has 0 aliphatic heterocycles. The van der Waals surface area contributed by atoms with Gasteiger partial charge in [-0.2, -0.15) is 0 Å². The molecule has 0 aromatic rings. The summed E-state index contributed by atoms with van der Waals surface area (Å²) >= 11 is 0. The zero-order valence-electron chi connectivity index (χ0n) is 12.4. The van der Waals surface area contributed by atoms with Crippen molar-refractivity contribution >= 4 is 5.97 Å². The third kappa shape index (κ3) is 15.5. The lowest BCUT2D eigenvalue weighted by Gasteiger charge is -2.03. The Bertz CT molecular complexity index is 178. The normalized spacial score (nSPS) is 10.6. The van der Waals surface area contributed by atoms with Gasteiger partial charge < -0.3 is 4.74 Å². The maximum absolute atomic E-state index is 10.5. The van der Waals surface area contributed by atoms with E-state index in [1.807, 2.05) is 0 Å². The molecule has 0 heterocycles. The molecule has 0 aromatic carbocycles. The largest absolute Gasteiger partial charge is 0.466 e. The Morgan fingerprint density at radius 3 is 1.89 bits per heavy atom. The number of unbranched alkanes of at least 4 members (excludes halogenated alkanes) is 11. The molecule has 107 valence electrons. The van der Waals surface area contributed by atoms with E-state index >= 15 is 0 Å². The van der Waals surface area contributed by atoms with E-state index in [4.69, 9.17) is 4.74 Å². The molecule has 0 saturated heterocycles. The number of esters is 1. The second-order valence-electron chi connectivity index (χ2n) is 5.06. The molecule has 0 aliphatic rings. The lowest BCUT2D eigenvalue weighted by atomic mass is 10.1. The third-order valence-electron chi connectivity index (χ3n) is 3.17. The zero-order valence-corrected chi connectivity index (χ0v) is 12.4. The van der Waals surface area contributed by atoms with Crippen LogP contribution in [-0.4, -0.2) is 12.6 Å². The Kier molecular flexibility index (Phi) is 14.1. The van der Waals surface area contributed by atoms with Crippen LogP contribution < -0.4 is 0 Å². The Morgan fingerprint density at radius 2 is 1.39 bits per heavy atom. The summed E-state index contributed by atoms with van der Waals surface area (Å²) in [5, 5.41) is 0. The molecule has 2 heteroatoms. The van der Waals surface area contributed by atoms with E-state index in [1.165, 1.54) is 71.1 Å². The summed E-state index contributed by atoms with van der Waals surface area (Å²) in [6.45, 7) is 4.19. The standard InChI is InChI=1S/C16H31O2/c1-3-4-5-6-7-8-9-10-11-12-13-14-15-18-16(2)17/h14H,3-13,15H2,1-2H3. The van der Waals surface area contributed by atoms with Gasteiger partial charge in [0.2, 0.25) is 0 Å². The van der Waals surface area contributed by atoms with Crippen molar-refractivity contribution in [3.8, 4) is 0 Å². The van der Waals surface area contributed by atoms with Gasteiger partial charge in [-0.1, -0.05) is 71.1 Å². The van der Waals surface area contributed by atoms with E-state index in [0.29, 0.717) is 6.61 Å². The molecule has 0 unspecified atom stereocenters. The molecule has 2 nitrogen and oxygen atoms in total. The molecule has 0 aromatic heterocycles. The summed E-state index contributed by atoms with van der Waals surface area (Å²) in [6, 6.07) is 0. The first-order valence-corrected chi connectivity index (χ1v) is 7.72. The van der Waals surface area contributed by atoms with E-state index in [-0.39, 0.29) is 5.97 Å². The Labute approximate surface area is 113 Å². The van der Waals surface area contributed by atoms with Crippen LogP contribution in [0.3, 0.4) is 0 Å². The predicted octanol–water partition coefficient (Wildman–Crippen LogP) is 5.06. The number of ether oxygens (including phenoxy) is 1. The topological polar surface area (TPSA) is 26.3 Å². The Balaban J connectivity index is 2.92. The highest BCUT2D eigenvalue weighted by atomic mass is 16.5. The van der Waals surface area contributed by atoms with E-state index in [0.717, 1.165) is 6.42 Å². The van der Waals surface area contributed by atoms with E-state index in [2.05, 4.69) is 13.3 Å². The number of carbonyl (C=O) groups excluding carboxylic acids is 1. The fourth-order valence-electron chi connectivity index (χ4n) is 2.04. The molecular formula is C16H31O2. The first kappa shape index (κ1) is 17.5. The number of carbonyl (C=O) groups is 1. The van der Waals surface area contributed by atoms with Crippen molar-refractivity contribution < 1.29 is 9.53 Å². The first-order chi connectivity index (χ1) is 8.77. The molecule has 0 spiro atoms. The average molecular weight is 255 g/mol. The lowest BCUT2D eigenvalue weighted by molar-refractivity contribution is -0.140. The van der Waals surface area contributed by atoms with Crippen molar-refractivity contribution in [2.45, 2.75) is 84.5 Å². The van der Waals surface area contributed by atoms with Crippen LogP contribution in [0.25, 0.3) is 0 Å². The molecule has 0 bridgehead atoms. The van der Waals surface area contributed by atoms with Crippen molar-refractivity contribution in [2.24, 2.45) is 0 Å². The van der Waals surface area contributed by atoms with Gasteiger partial charge in [0.05, 0.1) is 6.61 Å². The van der Waals surface area contributed by atoms with Gasteiger partial charge in [0.15, 0.2) is 0 Å². The van der Waals surface area contributed by atoms with E-state index < -0.39 is 0 Å². The van der Waals surface area contributed by atoms with Gasteiger partial charge in [0.1, 0.15) is 0 Å². The van der Waals surface area contributed by atoms with Gasteiger partial charge in [-0.05, 0) is 12.8 Å². The SMILES string of the molecule is CCCCCCCCCCCC[CH]COC(C)=O. The third-order valence-corrected chi connectivity index (χ3v) is 3.17. The molecule has 0 amide bonds. The van der Waals surface area contributed by atoms with Crippen LogP contribution in [0.1, 0.15) is 84.5 Å². The maximum Gasteiger partial charge on any atom is 0.302 e. The minimum Gasteiger partial charge on any atom is -0.466 e. The summed E-state index contributed by atoms with van der Waals surface area (Å²) in [7, 11) is 0. The summed E-state index contributed by atoms with van der Waals surface area (Å²) in [6.07, 6.45) is 16.8. The molecule has 0 rings (SSSR count). The van der Waals surface area contributed by atoms with Gasteiger partial charge in [0.25, 0.3) is 0 Å². The monoisotopic (exact) mass is 255 g/mol. The number of hydrogen-bond donors (Lipinski definition) is 0. The van der Waals surface area contributed by atoms with Crippen LogP contribution in [0.2, 0.25) is 0 Å². The summed E-state index contributed by atoms with van der Waals surface area (Å²) in [4.78, 5) is 10.5. The molecule has 0 aliphatic carbocycles. The highest BCUT2D eigenvalue weighted by Gasteiger charge is 1.95. The minimum atomic E-state index is -0.186. The fourth-order valence-corrected chi connectivity index (χ4v) is 2.04. The predicted molar refractivity (Wildman–Crippen MR) is 77.4 cm³/mol. The average Bonchev–Trinajstić information content (AvgIpc) is 2.34. The summed E-state index contributed by atoms with van der Waals surface area (Å²) in [5.41, 5.74) is 0. The second-order valence-corrected chi connectivity index (χ2v) is 5.06. The van der Waals surface area contributed by atoms with Gasteiger partial charge in [-0.15, -0.1) is 0 Å². The van der Waals surface area contributed by atoms with Crippen LogP contribution in [0, 0.1) is 6.42 Å². The van der Waals surface area contributed by atoms with Crippen molar-refractivity contribution in [2.75, 3.05) is 6.61 Å². The number of rotatable bonds is 13. The van der Waals surface area contributed by atoms with Crippen LogP contribution in [-0.2, 0) is 9.53 Å². The smallest absolute Gasteiger partial charge is 0.302 e. The van der Waals surface area contributed by atoms with Gasteiger partial charge in [-0.3, -0.25) is 4.79 Å². The molecule has 1 radical (unpaired) electrons. The zero-order chi connectivity index (χ0) is 13.5. The first-order valence-electron chi connectivity index (χ1n) is 7.72. The van der Waals surface area contributed by atoms with Crippen molar-refractivity contribution in [3.63, 3.8) is 0 Å². The van der Waals surface area contributed by atoms with E-state index in [1.54, 1.807) is 0 Å². The summed E-state index contributed by atoms with van der Waals surface area (Å²) < 4.78 is 4.84. The fraction of sp³-hybridized carbons (Fsp3) is 0.875. The highest BCUT2D eigenvalue weighted by molar-refractivity contribution is 5.65. The van der Waals surface area contributed by atoms with Gasteiger partial charge in [0, 0.05) is 6.92 Å². The van der Waals surface area contributed by atoms with Crippen LogP contribution in [0.4, 0.5) is 0 Å². The lowest BCUT2D eigenvalue weighted by Crippen LogP contribution is -2.00. The molecule has 0 saturated carbocycles. The minimum absolute atomic E-state index is 0.186. The van der Waals surface area contributed by atoms with Crippen LogP contribution in [0.5, 0.6) is 0 Å². The Morgan fingerprint density at radius 1 is 0.889 bits per heavy atom. The van der Waals surface area contributed by atoms with Gasteiger partial charge in [-0.25, -0.2) is 0 Å². The molecule has 0 N–H and O–H groups in total. The van der Waals surface area contributed by atoms with Crippen molar-refractivity contribution in [3.05, 3.63) is 6.42 Å². The Hall–Kier alpha value is -0.530. The number of hydrogen-bond acceptors (Lipinski definition) is 2. The quantitative estimate of drug-likeness (QED) is 0.339. The molecule has 0 fully saturated rings. The van der Waals surface area contributed by atoms with Crippen LogP contribution >= 0.6 is 0 Å².